The molecule has 2 aliphatic heterocycles. The van der Waals surface area contributed by atoms with Crippen molar-refractivity contribution in [2.24, 2.45) is 5.41 Å². The minimum atomic E-state index is -4.41. The molecule has 2 aromatic carbocycles. The number of benzene rings is 2. The number of hydrogen-bond acceptors (Lipinski definition) is 12. The first-order valence-corrected chi connectivity index (χ1v) is 22.8. The molecule has 15 nitrogen and oxygen atoms in total. The minimum Gasteiger partial charge on any atom is -0.467 e. The Morgan fingerprint density at radius 2 is 1.87 bits per heavy atom. The highest BCUT2D eigenvalue weighted by atomic mass is 35.5. The molecule has 322 valence electrons. The van der Waals surface area contributed by atoms with E-state index in [-0.39, 0.29) is 58.1 Å². The van der Waals surface area contributed by atoms with Crippen LogP contribution in [-0.4, -0.2) is 115 Å². The molecule has 18 heteroatoms. The molecular weight excluding hydrogens is 842 g/mol. The molecule has 0 radical (unpaired) electrons. The van der Waals surface area contributed by atoms with Gasteiger partial charge in [0.25, 0.3) is 21.1 Å². The van der Waals surface area contributed by atoms with E-state index in [0.717, 1.165) is 79.4 Å². The lowest BCUT2D eigenvalue weighted by molar-refractivity contribution is -0.0412. The van der Waals surface area contributed by atoms with Crippen LogP contribution in [0.4, 0.5) is 10.5 Å². The van der Waals surface area contributed by atoms with Gasteiger partial charge in [-0.1, -0.05) is 54.5 Å². The first-order chi connectivity index (χ1) is 29.2. The van der Waals surface area contributed by atoms with E-state index in [1.807, 2.05) is 24.3 Å². The molecule has 3 aliphatic rings. The standard InChI is InChI=1S/C43H48ClN7O8S2/c1-27-40(60-41(47-27)58-26-34-25-51(42(53)54)18-19-57-34)61(55,56)48-39(52)35-9-8-32(21-37(35)59-33-20-29-11-13-45-38(29)46-23-33)50-16-14-49(15-17-50)24-30-10-12-43(2,3)22-36(30)28-4-6-31(44)7-5-28/h4-9,11,13,20-21,23,34H,10,12,14-19,22,24-26H2,1-3H3,(H,45,46)(H,48,52)(H,53,54)/t34-/m0/s1. The summed E-state index contributed by atoms with van der Waals surface area (Å²) >= 11 is 7.00. The largest absolute Gasteiger partial charge is 0.467 e. The van der Waals surface area contributed by atoms with Crippen molar-refractivity contribution in [1.29, 1.82) is 0 Å². The van der Waals surface area contributed by atoms with Crippen molar-refractivity contribution in [2.45, 2.75) is 50.3 Å². The van der Waals surface area contributed by atoms with Crippen LogP contribution >= 0.6 is 22.9 Å². The van der Waals surface area contributed by atoms with E-state index in [1.165, 1.54) is 28.5 Å². The molecule has 5 aromatic rings. The van der Waals surface area contributed by atoms with Gasteiger partial charge in [-0.3, -0.25) is 9.69 Å². The molecule has 2 fully saturated rings. The number of piperazine rings is 1. The molecule has 3 N–H and O–H groups in total. The van der Waals surface area contributed by atoms with Gasteiger partial charge < -0.3 is 34.1 Å². The molecular formula is C43H48ClN7O8S2. The van der Waals surface area contributed by atoms with Crippen LogP contribution in [0, 0.1) is 12.3 Å². The normalized spacial score (nSPS) is 18.7. The number of carbonyl (C=O) groups is 2. The number of H-pyrrole nitrogens is 1. The first kappa shape index (κ1) is 42.5. The van der Waals surface area contributed by atoms with Crippen molar-refractivity contribution in [1.82, 2.24) is 29.5 Å². The summed E-state index contributed by atoms with van der Waals surface area (Å²) in [5.41, 5.74) is 6.01. The van der Waals surface area contributed by atoms with Crippen LogP contribution in [0.25, 0.3) is 16.6 Å². The monoisotopic (exact) mass is 889 g/mol. The molecule has 2 saturated heterocycles. The number of carboxylic acid groups (broad SMARTS) is 1. The van der Waals surface area contributed by atoms with Crippen LogP contribution in [0.1, 0.15) is 54.7 Å². The van der Waals surface area contributed by atoms with Gasteiger partial charge >= 0.3 is 6.09 Å². The Morgan fingerprint density at radius 1 is 1.08 bits per heavy atom. The third kappa shape index (κ3) is 9.97. The topological polar surface area (TPSA) is 180 Å². The molecule has 8 rings (SSSR count). The average Bonchev–Trinajstić information content (AvgIpc) is 3.87. The predicted octanol–water partition coefficient (Wildman–Crippen LogP) is 7.44. The second-order valence-corrected chi connectivity index (χ2v) is 19.7. The lowest BCUT2D eigenvalue weighted by Crippen LogP contribution is -2.47. The quantitative estimate of drug-likeness (QED) is 0.113. The zero-order chi connectivity index (χ0) is 42.9. The second kappa shape index (κ2) is 17.6. The third-order valence-corrected chi connectivity index (χ3v) is 14.6. The van der Waals surface area contributed by atoms with Crippen molar-refractivity contribution in [3.05, 3.63) is 94.4 Å². The van der Waals surface area contributed by atoms with Gasteiger partial charge in [0.2, 0.25) is 0 Å². The number of ether oxygens (including phenoxy) is 3. The fourth-order valence-corrected chi connectivity index (χ4v) is 10.5. The molecule has 0 bridgehead atoms. The molecule has 2 amide bonds. The average molecular weight is 890 g/mol. The number of hydrogen-bond donors (Lipinski definition) is 3. The molecule has 61 heavy (non-hydrogen) atoms. The number of sulfonamides is 1. The summed E-state index contributed by atoms with van der Waals surface area (Å²) in [7, 11) is -4.41. The lowest BCUT2D eigenvalue weighted by Gasteiger charge is -2.39. The van der Waals surface area contributed by atoms with E-state index in [2.05, 4.69) is 55.5 Å². The van der Waals surface area contributed by atoms with Gasteiger partial charge in [-0.2, -0.15) is 0 Å². The molecule has 1 atom stereocenters. The maximum Gasteiger partial charge on any atom is 0.407 e. The number of morpholine rings is 1. The highest BCUT2D eigenvalue weighted by Gasteiger charge is 2.31. The number of fused-ring (bicyclic) bond motifs is 1. The highest BCUT2D eigenvalue weighted by Crippen LogP contribution is 2.43. The Labute approximate surface area is 363 Å². The molecule has 3 aromatic heterocycles. The van der Waals surface area contributed by atoms with Gasteiger partial charge in [0.1, 0.15) is 29.9 Å². The Kier molecular flexibility index (Phi) is 12.3. The van der Waals surface area contributed by atoms with Crippen LogP contribution in [0.3, 0.4) is 0 Å². The molecule has 0 unspecified atom stereocenters. The zero-order valence-corrected chi connectivity index (χ0v) is 36.5. The Balaban J connectivity index is 0.980. The summed E-state index contributed by atoms with van der Waals surface area (Å²) in [4.78, 5) is 43.0. The van der Waals surface area contributed by atoms with Crippen LogP contribution < -0.4 is 19.1 Å². The van der Waals surface area contributed by atoms with Crippen LogP contribution in [0.15, 0.2) is 76.8 Å². The van der Waals surface area contributed by atoms with Crippen molar-refractivity contribution in [3.8, 4) is 16.7 Å². The number of thiazole rings is 1. The first-order valence-electron chi connectivity index (χ1n) is 20.2. The maximum absolute atomic E-state index is 13.9. The number of aromatic amines is 1. The summed E-state index contributed by atoms with van der Waals surface area (Å²) in [6.07, 6.45) is 4.92. The van der Waals surface area contributed by atoms with Gasteiger partial charge in [0.05, 0.1) is 30.6 Å². The van der Waals surface area contributed by atoms with Gasteiger partial charge in [-0.15, -0.1) is 0 Å². The summed E-state index contributed by atoms with van der Waals surface area (Å²) in [6, 6.07) is 17.0. The SMILES string of the molecule is Cc1nc(OC[C@@H]2CN(C(=O)O)CCO2)sc1S(=O)(=O)NC(=O)c1ccc(N2CCN(CC3=C(c4ccc(Cl)cc4)CC(C)(C)CC3)CC2)cc1Oc1cnc2[nH]ccc2c1. The predicted molar refractivity (Wildman–Crippen MR) is 234 cm³/mol. The third-order valence-electron chi connectivity index (χ3n) is 11.4. The number of aromatic nitrogens is 3. The maximum atomic E-state index is 13.9. The van der Waals surface area contributed by atoms with E-state index in [9.17, 15) is 23.1 Å². The number of nitrogens with zero attached hydrogens (tertiary/aromatic N) is 5. The zero-order valence-electron chi connectivity index (χ0n) is 34.1. The number of rotatable bonds is 12. The second-order valence-electron chi connectivity index (χ2n) is 16.4. The number of anilines is 1. The number of pyridine rings is 1. The number of aryl methyl sites for hydroxylation is 1. The Morgan fingerprint density at radius 3 is 2.64 bits per heavy atom. The molecule has 5 heterocycles. The Hall–Kier alpha value is -5.20. The number of carbonyl (C=O) groups excluding carboxylic acids is 1. The van der Waals surface area contributed by atoms with Gasteiger partial charge in [0.15, 0.2) is 4.21 Å². The van der Waals surface area contributed by atoms with Gasteiger partial charge in [-0.25, -0.2) is 27.9 Å². The fraction of sp³-hybridized carbons (Fsp3) is 0.395. The number of allylic oxidation sites excluding steroid dienone is 1. The van der Waals surface area contributed by atoms with Crippen LogP contribution in [0.2, 0.25) is 5.02 Å². The summed E-state index contributed by atoms with van der Waals surface area (Å²) in [5, 5.41) is 10.9. The number of nitrogens with one attached hydrogen (secondary N) is 2. The van der Waals surface area contributed by atoms with Gasteiger partial charge in [0, 0.05) is 67.6 Å². The summed E-state index contributed by atoms with van der Waals surface area (Å²) in [5.74, 6) is -0.345. The minimum absolute atomic E-state index is 0.0121. The van der Waals surface area contributed by atoms with E-state index >= 15 is 0 Å². The fourth-order valence-electron chi connectivity index (χ4n) is 8.03. The van der Waals surface area contributed by atoms with Crippen molar-refractivity contribution in [2.75, 3.05) is 63.9 Å². The van der Waals surface area contributed by atoms with Gasteiger partial charge in [-0.05, 0) is 79.1 Å². The van der Waals surface area contributed by atoms with E-state index < -0.39 is 28.1 Å². The van der Waals surface area contributed by atoms with Crippen molar-refractivity contribution in [3.63, 3.8) is 0 Å². The molecule has 0 saturated carbocycles. The molecule has 0 spiro atoms. The summed E-state index contributed by atoms with van der Waals surface area (Å²) < 4.78 is 47.1. The Bertz CT molecular complexity index is 2570. The smallest absolute Gasteiger partial charge is 0.407 e. The van der Waals surface area contributed by atoms with Crippen LogP contribution in [0.5, 0.6) is 16.7 Å². The van der Waals surface area contributed by atoms with E-state index in [1.54, 1.807) is 30.6 Å². The molecule has 1 aliphatic carbocycles. The lowest BCUT2D eigenvalue weighted by atomic mass is 9.72. The van der Waals surface area contributed by atoms with Crippen LogP contribution in [-0.2, 0) is 14.8 Å². The summed E-state index contributed by atoms with van der Waals surface area (Å²) in [6.45, 7) is 10.8. The number of halogens is 1. The van der Waals surface area contributed by atoms with Crippen molar-refractivity contribution >= 4 is 67.3 Å². The van der Waals surface area contributed by atoms with Crippen molar-refractivity contribution < 1.29 is 37.3 Å². The number of amides is 2. The van der Waals surface area contributed by atoms with E-state index in [0.29, 0.717) is 11.4 Å². The van der Waals surface area contributed by atoms with E-state index in [4.69, 9.17) is 25.8 Å². The highest BCUT2D eigenvalue weighted by molar-refractivity contribution is 7.92.